The zero-order chi connectivity index (χ0) is 12.4. The molecule has 1 aromatic carbocycles. The third-order valence-electron chi connectivity index (χ3n) is 2.90. The summed E-state index contributed by atoms with van der Waals surface area (Å²) in [6, 6.07) is 8.10. The Morgan fingerprint density at radius 2 is 2.00 bits per heavy atom. The molecule has 0 unspecified atom stereocenters. The summed E-state index contributed by atoms with van der Waals surface area (Å²) in [6.07, 6.45) is 1.73. The largest absolute Gasteiger partial charge is 0.469 e. The van der Waals surface area contributed by atoms with Crippen LogP contribution in [0.2, 0.25) is 0 Å². The summed E-state index contributed by atoms with van der Waals surface area (Å²) >= 11 is 0. The van der Waals surface area contributed by atoms with Crippen molar-refractivity contribution in [3.05, 3.63) is 47.4 Å². The van der Waals surface area contributed by atoms with Gasteiger partial charge in [-0.05, 0) is 43.7 Å². The number of hydrogen-bond donors (Lipinski definition) is 1. The van der Waals surface area contributed by atoms with E-state index in [-0.39, 0.29) is 0 Å². The van der Waals surface area contributed by atoms with Crippen LogP contribution in [0.3, 0.4) is 0 Å². The topological polar surface area (TPSA) is 42.4 Å². The molecule has 3 nitrogen and oxygen atoms in total. The van der Waals surface area contributed by atoms with Crippen molar-refractivity contribution in [3.63, 3.8) is 0 Å². The number of nitrogens with two attached hydrogens (primary N) is 1. The van der Waals surface area contributed by atoms with Gasteiger partial charge in [-0.15, -0.1) is 0 Å². The van der Waals surface area contributed by atoms with Crippen LogP contribution < -0.4 is 10.6 Å². The van der Waals surface area contributed by atoms with E-state index in [2.05, 4.69) is 24.9 Å². The number of furan rings is 1. The lowest BCUT2D eigenvalue weighted by Crippen LogP contribution is -2.16. The van der Waals surface area contributed by atoms with Gasteiger partial charge in [0.15, 0.2) is 0 Å². The maximum absolute atomic E-state index is 5.86. The average Bonchev–Trinajstić information content (AvgIpc) is 2.63. The fourth-order valence-corrected chi connectivity index (χ4v) is 1.93. The predicted molar refractivity (Wildman–Crippen MR) is 71.1 cm³/mol. The molecule has 0 aliphatic heterocycles. The number of nitrogen functional groups attached to an aromatic ring is 1. The van der Waals surface area contributed by atoms with Gasteiger partial charge in [-0.2, -0.15) is 0 Å². The maximum Gasteiger partial charge on any atom is 0.105 e. The smallest absolute Gasteiger partial charge is 0.105 e. The molecule has 0 fully saturated rings. The highest BCUT2D eigenvalue weighted by molar-refractivity contribution is 5.58. The highest BCUT2D eigenvalue weighted by atomic mass is 16.3. The van der Waals surface area contributed by atoms with Crippen LogP contribution in [0.15, 0.2) is 34.9 Å². The van der Waals surface area contributed by atoms with Gasteiger partial charge in [-0.25, -0.2) is 0 Å². The molecule has 2 rings (SSSR count). The zero-order valence-corrected chi connectivity index (χ0v) is 10.5. The van der Waals surface area contributed by atoms with Crippen LogP contribution in [0.5, 0.6) is 0 Å². The molecular formula is C14H18N2O. The second-order valence-electron chi connectivity index (χ2n) is 4.46. The molecule has 0 atom stereocenters. The van der Waals surface area contributed by atoms with Gasteiger partial charge in [-0.1, -0.05) is 0 Å². The van der Waals surface area contributed by atoms with Gasteiger partial charge >= 0.3 is 0 Å². The number of anilines is 2. The standard InChI is InChI=1S/C14H18N2O/c1-10-6-13(15)8-14(7-10)16(3)9-12-4-5-17-11(12)2/h4-8H,9,15H2,1-3H3. The first-order valence-corrected chi connectivity index (χ1v) is 5.67. The van der Waals surface area contributed by atoms with E-state index in [1.165, 1.54) is 11.1 Å². The van der Waals surface area contributed by atoms with Gasteiger partial charge in [0.1, 0.15) is 5.76 Å². The lowest BCUT2D eigenvalue weighted by molar-refractivity contribution is 0.529. The fraction of sp³-hybridized carbons (Fsp3) is 0.286. The molecule has 0 bridgehead atoms. The summed E-state index contributed by atoms with van der Waals surface area (Å²) in [5.74, 6) is 0.970. The molecule has 1 aromatic heterocycles. The molecule has 2 N–H and O–H groups in total. The predicted octanol–water partition coefficient (Wildman–Crippen LogP) is 3.12. The Kier molecular flexibility index (Phi) is 3.09. The van der Waals surface area contributed by atoms with E-state index in [1.807, 2.05) is 25.1 Å². The summed E-state index contributed by atoms with van der Waals surface area (Å²) in [6.45, 7) is 4.86. The molecule has 17 heavy (non-hydrogen) atoms. The van der Waals surface area contributed by atoms with Crippen LogP contribution >= 0.6 is 0 Å². The second kappa shape index (κ2) is 4.53. The van der Waals surface area contributed by atoms with E-state index in [1.54, 1.807) is 6.26 Å². The Morgan fingerprint density at radius 3 is 2.59 bits per heavy atom. The number of aryl methyl sites for hydroxylation is 2. The summed E-state index contributed by atoms with van der Waals surface area (Å²) in [7, 11) is 2.06. The summed E-state index contributed by atoms with van der Waals surface area (Å²) in [5.41, 5.74) is 10.2. The van der Waals surface area contributed by atoms with Gasteiger partial charge in [-0.3, -0.25) is 0 Å². The molecule has 3 heteroatoms. The molecule has 90 valence electrons. The van der Waals surface area contributed by atoms with Gasteiger partial charge in [0.25, 0.3) is 0 Å². The quantitative estimate of drug-likeness (QED) is 0.824. The van der Waals surface area contributed by atoms with Crippen molar-refractivity contribution in [3.8, 4) is 0 Å². The lowest BCUT2D eigenvalue weighted by atomic mass is 10.1. The monoisotopic (exact) mass is 230 g/mol. The van der Waals surface area contributed by atoms with Crippen LogP contribution in [-0.4, -0.2) is 7.05 Å². The normalized spacial score (nSPS) is 10.5. The Bertz CT molecular complexity index is 496. The zero-order valence-electron chi connectivity index (χ0n) is 10.5. The molecular weight excluding hydrogens is 212 g/mol. The Labute approximate surface area is 102 Å². The Hall–Kier alpha value is -1.90. The van der Waals surface area contributed by atoms with Crippen molar-refractivity contribution < 1.29 is 4.42 Å². The third kappa shape index (κ3) is 2.61. The first kappa shape index (κ1) is 11.6. The first-order valence-electron chi connectivity index (χ1n) is 5.67. The van der Waals surface area contributed by atoms with Gasteiger partial charge in [0, 0.05) is 30.5 Å². The van der Waals surface area contributed by atoms with E-state index in [0.29, 0.717) is 0 Å². The lowest BCUT2D eigenvalue weighted by Gasteiger charge is -2.20. The van der Waals surface area contributed by atoms with Gasteiger partial charge < -0.3 is 15.1 Å². The van der Waals surface area contributed by atoms with Crippen LogP contribution in [0, 0.1) is 13.8 Å². The molecule has 0 aliphatic carbocycles. The van der Waals surface area contributed by atoms with Crippen LogP contribution in [-0.2, 0) is 6.54 Å². The van der Waals surface area contributed by atoms with E-state index < -0.39 is 0 Å². The van der Waals surface area contributed by atoms with Crippen molar-refractivity contribution in [2.24, 2.45) is 0 Å². The SMILES string of the molecule is Cc1cc(N)cc(N(C)Cc2ccoc2C)c1. The maximum atomic E-state index is 5.86. The fourth-order valence-electron chi connectivity index (χ4n) is 1.93. The molecule has 2 aromatic rings. The van der Waals surface area contributed by atoms with E-state index in [0.717, 1.165) is 23.7 Å². The van der Waals surface area contributed by atoms with Crippen LogP contribution in [0.1, 0.15) is 16.9 Å². The summed E-state index contributed by atoms with van der Waals surface area (Å²) < 4.78 is 5.30. The molecule has 1 heterocycles. The van der Waals surface area contributed by atoms with Gasteiger partial charge in [0.2, 0.25) is 0 Å². The second-order valence-corrected chi connectivity index (χ2v) is 4.46. The average molecular weight is 230 g/mol. The molecule has 0 spiro atoms. The van der Waals surface area contributed by atoms with Crippen LogP contribution in [0.4, 0.5) is 11.4 Å². The van der Waals surface area contributed by atoms with Crippen molar-refractivity contribution in [1.29, 1.82) is 0 Å². The number of rotatable bonds is 3. The molecule has 0 saturated heterocycles. The minimum Gasteiger partial charge on any atom is -0.469 e. The molecule has 0 amide bonds. The summed E-state index contributed by atoms with van der Waals surface area (Å²) in [5, 5.41) is 0. The third-order valence-corrected chi connectivity index (χ3v) is 2.90. The van der Waals surface area contributed by atoms with E-state index >= 15 is 0 Å². The van der Waals surface area contributed by atoms with E-state index in [4.69, 9.17) is 10.2 Å². The van der Waals surface area contributed by atoms with Crippen molar-refractivity contribution in [1.82, 2.24) is 0 Å². The summed E-state index contributed by atoms with van der Waals surface area (Å²) in [4.78, 5) is 2.17. The van der Waals surface area contributed by atoms with Crippen molar-refractivity contribution >= 4 is 11.4 Å². The molecule has 0 saturated carbocycles. The highest BCUT2D eigenvalue weighted by Gasteiger charge is 2.07. The molecule has 0 aliphatic rings. The Balaban J connectivity index is 2.20. The van der Waals surface area contributed by atoms with Gasteiger partial charge in [0.05, 0.1) is 6.26 Å². The molecule has 0 radical (unpaired) electrons. The minimum atomic E-state index is 0.802. The number of benzene rings is 1. The first-order chi connectivity index (χ1) is 8.06. The highest BCUT2D eigenvalue weighted by Crippen LogP contribution is 2.22. The van der Waals surface area contributed by atoms with Crippen LogP contribution in [0.25, 0.3) is 0 Å². The minimum absolute atomic E-state index is 0.802. The van der Waals surface area contributed by atoms with Crippen molar-refractivity contribution in [2.45, 2.75) is 20.4 Å². The number of hydrogen-bond acceptors (Lipinski definition) is 3. The van der Waals surface area contributed by atoms with Crippen molar-refractivity contribution in [2.75, 3.05) is 17.7 Å². The number of nitrogens with zero attached hydrogens (tertiary/aromatic N) is 1. The van der Waals surface area contributed by atoms with E-state index in [9.17, 15) is 0 Å². The Morgan fingerprint density at radius 1 is 1.24 bits per heavy atom.